The molecule has 0 heterocycles. The molecule has 2 aromatic carbocycles. The third-order valence-corrected chi connectivity index (χ3v) is 4.37. The fourth-order valence-corrected chi connectivity index (χ4v) is 2.52. The molecule has 0 amide bonds. The third kappa shape index (κ3) is 3.54. The average molecular weight is 386 g/mol. The normalized spacial score (nSPS) is 10.4. The quantitative estimate of drug-likeness (QED) is 0.788. The summed E-state index contributed by atoms with van der Waals surface area (Å²) in [5, 5.41) is 10.1. The second-order valence-corrected chi connectivity index (χ2v) is 5.87. The molecule has 1 N–H and O–H groups in total. The molecule has 6 heteroatoms. The number of methoxy groups -OCH3 is 1. The second-order valence-electron chi connectivity index (χ2n) is 4.60. The number of ether oxygens (including phenoxy) is 2. The van der Waals surface area contributed by atoms with Crippen molar-refractivity contribution < 1.29 is 19.4 Å². The molecule has 0 saturated carbocycles. The van der Waals surface area contributed by atoms with Crippen molar-refractivity contribution in [2.24, 2.45) is 0 Å². The van der Waals surface area contributed by atoms with Gasteiger partial charge in [-0.15, -0.1) is 0 Å². The van der Waals surface area contributed by atoms with Crippen molar-refractivity contribution in [2.45, 2.75) is 13.5 Å². The fraction of sp³-hybridized carbons (Fsp3) is 0.188. The highest BCUT2D eigenvalue weighted by molar-refractivity contribution is 9.10. The van der Waals surface area contributed by atoms with E-state index in [2.05, 4.69) is 20.7 Å². The van der Waals surface area contributed by atoms with Gasteiger partial charge in [-0.1, -0.05) is 39.7 Å². The first kappa shape index (κ1) is 16.6. The summed E-state index contributed by atoms with van der Waals surface area (Å²) < 4.78 is 11.2. The largest absolute Gasteiger partial charge is 0.507 e. The minimum absolute atomic E-state index is 0.00140. The molecule has 0 unspecified atom stereocenters. The number of carbonyl (C=O) groups excluding carboxylic acids is 1. The molecule has 0 saturated heterocycles. The zero-order chi connectivity index (χ0) is 16.3. The molecule has 0 radical (unpaired) electrons. The van der Waals surface area contributed by atoms with Gasteiger partial charge < -0.3 is 14.6 Å². The number of aromatic hydroxyl groups is 1. The van der Waals surface area contributed by atoms with Crippen molar-refractivity contribution in [3.05, 3.63) is 56.5 Å². The van der Waals surface area contributed by atoms with Gasteiger partial charge in [-0.25, -0.2) is 4.79 Å². The third-order valence-electron chi connectivity index (χ3n) is 3.22. The molecular formula is C16H14BrClO4. The monoisotopic (exact) mass is 384 g/mol. The number of benzene rings is 2. The molecule has 22 heavy (non-hydrogen) atoms. The summed E-state index contributed by atoms with van der Waals surface area (Å²) in [6.45, 7) is 2.27. The van der Waals surface area contributed by atoms with E-state index in [1.54, 1.807) is 0 Å². The van der Waals surface area contributed by atoms with Crippen molar-refractivity contribution in [1.82, 2.24) is 0 Å². The lowest BCUT2D eigenvalue weighted by Gasteiger charge is -2.12. The van der Waals surface area contributed by atoms with Crippen molar-refractivity contribution in [2.75, 3.05) is 7.11 Å². The SMILES string of the molecule is COC(=O)c1cc(Cl)c(OCc2cccc(Br)c2C)cc1O. The highest BCUT2D eigenvalue weighted by atomic mass is 79.9. The lowest BCUT2D eigenvalue weighted by molar-refractivity contribution is 0.0597. The minimum atomic E-state index is -0.659. The van der Waals surface area contributed by atoms with Crippen LogP contribution in [0.4, 0.5) is 0 Å². The molecule has 2 rings (SSSR count). The Balaban J connectivity index is 2.22. The summed E-state index contributed by atoms with van der Waals surface area (Å²) in [7, 11) is 1.23. The van der Waals surface area contributed by atoms with Gasteiger partial charge in [0, 0.05) is 10.5 Å². The van der Waals surface area contributed by atoms with Crippen molar-refractivity contribution in [3.8, 4) is 11.5 Å². The maximum atomic E-state index is 11.5. The number of hydrogen-bond acceptors (Lipinski definition) is 4. The highest BCUT2D eigenvalue weighted by Crippen LogP contribution is 2.33. The Labute approximate surface area is 141 Å². The van der Waals surface area contributed by atoms with Crippen LogP contribution < -0.4 is 4.74 Å². The van der Waals surface area contributed by atoms with Crippen LogP contribution in [0.25, 0.3) is 0 Å². The topological polar surface area (TPSA) is 55.8 Å². The Hall–Kier alpha value is -1.72. The van der Waals surface area contributed by atoms with Crippen LogP contribution in [0.15, 0.2) is 34.8 Å². The Bertz CT molecular complexity index is 716. The molecule has 0 spiro atoms. The van der Waals surface area contributed by atoms with Crippen LogP contribution in [-0.2, 0) is 11.3 Å². The second kappa shape index (κ2) is 7.03. The standard InChI is InChI=1S/C16H14BrClO4/c1-9-10(4-3-5-12(9)17)8-22-15-7-14(19)11(6-13(15)18)16(20)21-2/h3-7,19H,8H2,1-2H3. The van der Waals surface area contributed by atoms with Crippen LogP contribution in [0.3, 0.4) is 0 Å². The number of phenols is 1. The van der Waals surface area contributed by atoms with E-state index in [0.717, 1.165) is 15.6 Å². The van der Waals surface area contributed by atoms with E-state index in [1.165, 1.54) is 19.2 Å². The average Bonchev–Trinajstić information content (AvgIpc) is 2.50. The summed E-state index contributed by atoms with van der Waals surface area (Å²) in [6.07, 6.45) is 0. The van der Waals surface area contributed by atoms with E-state index >= 15 is 0 Å². The highest BCUT2D eigenvalue weighted by Gasteiger charge is 2.16. The Kier molecular flexibility index (Phi) is 5.32. The van der Waals surface area contributed by atoms with E-state index in [4.69, 9.17) is 16.3 Å². The molecule has 2 aromatic rings. The first-order valence-electron chi connectivity index (χ1n) is 6.41. The molecule has 0 aromatic heterocycles. The van der Waals surface area contributed by atoms with Gasteiger partial charge in [0.15, 0.2) is 0 Å². The number of rotatable bonds is 4. The lowest BCUT2D eigenvalue weighted by Crippen LogP contribution is -2.03. The lowest BCUT2D eigenvalue weighted by atomic mass is 10.1. The van der Waals surface area contributed by atoms with Crippen LogP contribution in [0.1, 0.15) is 21.5 Å². The van der Waals surface area contributed by atoms with E-state index in [-0.39, 0.29) is 16.3 Å². The number of hydrogen-bond donors (Lipinski definition) is 1. The van der Waals surface area contributed by atoms with Gasteiger partial charge in [0.2, 0.25) is 0 Å². The van der Waals surface area contributed by atoms with Crippen LogP contribution in [-0.4, -0.2) is 18.2 Å². The van der Waals surface area contributed by atoms with Gasteiger partial charge in [-0.3, -0.25) is 0 Å². The smallest absolute Gasteiger partial charge is 0.341 e. The maximum Gasteiger partial charge on any atom is 0.341 e. The summed E-state index contributed by atoms with van der Waals surface area (Å²) >= 11 is 9.55. The summed E-state index contributed by atoms with van der Waals surface area (Å²) in [4.78, 5) is 11.5. The zero-order valence-corrected chi connectivity index (χ0v) is 14.4. The Morgan fingerprint density at radius 2 is 2.09 bits per heavy atom. The zero-order valence-electron chi connectivity index (χ0n) is 12.0. The van der Waals surface area contributed by atoms with E-state index in [0.29, 0.717) is 12.4 Å². The molecule has 0 aliphatic rings. The Morgan fingerprint density at radius 1 is 1.36 bits per heavy atom. The maximum absolute atomic E-state index is 11.5. The number of phenolic OH excluding ortho intramolecular Hbond substituents is 1. The van der Waals surface area contributed by atoms with Crippen LogP contribution in [0.5, 0.6) is 11.5 Å². The van der Waals surface area contributed by atoms with Gasteiger partial charge in [0.1, 0.15) is 23.7 Å². The molecule has 0 atom stereocenters. The molecule has 4 nitrogen and oxygen atoms in total. The molecule has 0 fully saturated rings. The summed E-state index contributed by atoms with van der Waals surface area (Å²) in [5.41, 5.74) is 2.05. The fourth-order valence-electron chi connectivity index (χ4n) is 1.89. The van der Waals surface area contributed by atoms with Gasteiger partial charge in [0.25, 0.3) is 0 Å². The Morgan fingerprint density at radius 3 is 2.77 bits per heavy atom. The molecule has 0 bridgehead atoms. The van der Waals surface area contributed by atoms with Crippen LogP contribution >= 0.6 is 27.5 Å². The minimum Gasteiger partial charge on any atom is -0.507 e. The van der Waals surface area contributed by atoms with Crippen LogP contribution in [0.2, 0.25) is 5.02 Å². The van der Waals surface area contributed by atoms with Crippen molar-refractivity contribution >= 4 is 33.5 Å². The van der Waals surface area contributed by atoms with Gasteiger partial charge in [-0.2, -0.15) is 0 Å². The number of esters is 1. The van der Waals surface area contributed by atoms with Crippen molar-refractivity contribution in [3.63, 3.8) is 0 Å². The predicted octanol–water partition coefficient (Wildman–Crippen LogP) is 4.48. The van der Waals surface area contributed by atoms with Gasteiger partial charge >= 0.3 is 5.97 Å². The molecule has 116 valence electrons. The summed E-state index contributed by atoms with van der Waals surface area (Å²) in [6, 6.07) is 8.43. The van der Waals surface area contributed by atoms with E-state index in [1.807, 2.05) is 25.1 Å². The molecule has 0 aliphatic heterocycles. The molecular weight excluding hydrogens is 372 g/mol. The number of halogens is 2. The predicted molar refractivity (Wildman–Crippen MR) is 87.7 cm³/mol. The van der Waals surface area contributed by atoms with E-state index in [9.17, 15) is 9.90 Å². The molecule has 0 aliphatic carbocycles. The van der Waals surface area contributed by atoms with Gasteiger partial charge in [-0.05, 0) is 30.2 Å². The van der Waals surface area contributed by atoms with E-state index < -0.39 is 5.97 Å². The first-order valence-corrected chi connectivity index (χ1v) is 7.58. The van der Waals surface area contributed by atoms with Gasteiger partial charge in [0.05, 0.1) is 12.1 Å². The number of carbonyl (C=O) groups is 1. The first-order chi connectivity index (χ1) is 10.4. The van der Waals surface area contributed by atoms with Crippen molar-refractivity contribution in [1.29, 1.82) is 0 Å². The van der Waals surface area contributed by atoms with Crippen LogP contribution in [0, 0.1) is 6.92 Å². The summed E-state index contributed by atoms with van der Waals surface area (Å²) in [5.74, 6) is -0.600.